The van der Waals surface area contributed by atoms with Crippen LogP contribution in [0.3, 0.4) is 0 Å². The maximum absolute atomic E-state index is 12.5. The van der Waals surface area contributed by atoms with Crippen LogP contribution < -0.4 is 4.72 Å². The summed E-state index contributed by atoms with van der Waals surface area (Å²) in [5.41, 5.74) is 0.723. The molecule has 8 heteroatoms. The number of para-hydroxylation sites is 1. The number of nitrogens with zero attached hydrogens (tertiary/aromatic N) is 1. The largest absolute Gasteiger partial charge is 0.293 e. The molecule has 0 unspecified atom stereocenters. The smallest absolute Gasteiger partial charge is 0.273 e. The molecule has 0 aliphatic heterocycles. The molecule has 0 spiro atoms. The van der Waals surface area contributed by atoms with E-state index in [1.54, 1.807) is 32.0 Å². The predicted molar refractivity (Wildman–Crippen MR) is 87.5 cm³/mol. The van der Waals surface area contributed by atoms with Gasteiger partial charge in [-0.15, -0.1) is 0 Å². The molecule has 0 aliphatic carbocycles. The lowest BCUT2D eigenvalue weighted by Crippen LogP contribution is -2.16. The first-order valence-electron chi connectivity index (χ1n) is 6.25. The fourth-order valence-corrected chi connectivity index (χ4v) is 3.92. The minimum absolute atomic E-state index is 0.0214. The van der Waals surface area contributed by atoms with Crippen molar-refractivity contribution in [2.45, 2.75) is 18.7 Å². The summed E-state index contributed by atoms with van der Waals surface area (Å²) in [4.78, 5) is 10.5. The Balaban J connectivity index is 2.55. The Morgan fingerprint density at radius 2 is 1.82 bits per heavy atom. The second kappa shape index (κ2) is 6.05. The van der Waals surface area contributed by atoms with Crippen LogP contribution >= 0.6 is 15.9 Å². The highest BCUT2D eigenvalue weighted by atomic mass is 79.9. The van der Waals surface area contributed by atoms with Crippen LogP contribution in [0.15, 0.2) is 45.8 Å². The molecule has 116 valence electrons. The molecule has 0 saturated carbocycles. The molecule has 1 N–H and O–H groups in total. The van der Waals surface area contributed by atoms with E-state index in [9.17, 15) is 18.5 Å². The summed E-state index contributed by atoms with van der Waals surface area (Å²) in [6.07, 6.45) is 0. The summed E-state index contributed by atoms with van der Waals surface area (Å²) in [6, 6.07) is 9.23. The molecule has 0 amide bonds. The topological polar surface area (TPSA) is 89.3 Å². The molecule has 0 bridgehead atoms. The number of anilines is 1. The minimum Gasteiger partial charge on any atom is -0.273 e. The molecule has 2 aromatic rings. The van der Waals surface area contributed by atoms with Gasteiger partial charge in [0, 0.05) is 10.5 Å². The zero-order chi connectivity index (χ0) is 16.5. The summed E-state index contributed by atoms with van der Waals surface area (Å²) >= 11 is 3.23. The number of nitrogens with one attached hydrogen (secondary N) is 1. The lowest BCUT2D eigenvalue weighted by molar-refractivity contribution is -0.383. The van der Waals surface area contributed by atoms with Gasteiger partial charge in [0.1, 0.15) is 5.69 Å². The van der Waals surface area contributed by atoms with Gasteiger partial charge in [-0.2, -0.15) is 0 Å². The van der Waals surface area contributed by atoms with E-state index in [2.05, 4.69) is 20.7 Å². The van der Waals surface area contributed by atoms with E-state index >= 15 is 0 Å². The third-order valence-electron chi connectivity index (χ3n) is 3.12. The van der Waals surface area contributed by atoms with Crippen molar-refractivity contribution in [3.05, 3.63) is 62.1 Å². The van der Waals surface area contributed by atoms with Gasteiger partial charge in [0.2, 0.25) is 0 Å². The van der Waals surface area contributed by atoms with Crippen molar-refractivity contribution in [3.8, 4) is 0 Å². The first kappa shape index (κ1) is 16.4. The van der Waals surface area contributed by atoms with Crippen molar-refractivity contribution in [2.24, 2.45) is 0 Å². The van der Waals surface area contributed by atoms with E-state index in [1.165, 1.54) is 18.2 Å². The van der Waals surface area contributed by atoms with Crippen molar-refractivity contribution in [1.29, 1.82) is 0 Å². The summed E-state index contributed by atoms with van der Waals surface area (Å²) in [6.45, 7) is 3.27. The summed E-state index contributed by atoms with van der Waals surface area (Å²) < 4.78 is 28.0. The van der Waals surface area contributed by atoms with Gasteiger partial charge in [-0.3, -0.25) is 14.8 Å². The molecule has 2 aromatic carbocycles. The second-order valence-electron chi connectivity index (χ2n) is 4.74. The lowest BCUT2D eigenvalue weighted by Gasteiger charge is -2.12. The molecule has 0 fully saturated rings. The summed E-state index contributed by atoms with van der Waals surface area (Å²) in [5, 5.41) is 11.1. The number of halogens is 1. The van der Waals surface area contributed by atoms with Gasteiger partial charge in [0.15, 0.2) is 0 Å². The van der Waals surface area contributed by atoms with Crippen molar-refractivity contribution >= 4 is 37.3 Å². The zero-order valence-corrected chi connectivity index (χ0v) is 14.2. The summed E-state index contributed by atoms with van der Waals surface area (Å²) in [7, 11) is -3.93. The fraction of sp³-hybridized carbons (Fsp3) is 0.143. The Hall–Kier alpha value is -1.93. The normalized spacial score (nSPS) is 11.2. The monoisotopic (exact) mass is 384 g/mol. The average Bonchev–Trinajstić information content (AvgIpc) is 2.43. The van der Waals surface area contributed by atoms with E-state index in [1.807, 2.05) is 0 Å². The number of nitro groups is 1. The second-order valence-corrected chi connectivity index (χ2v) is 7.31. The van der Waals surface area contributed by atoms with Crippen LogP contribution in [0.1, 0.15) is 11.1 Å². The molecule has 0 radical (unpaired) electrons. The van der Waals surface area contributed by atoms with Crippen LogP contribution in [0.25, 0.3) is 0 Å². The van der Waals surface area contributed by atoms with Crippen LogP contribution in [0.2, 0.25) is 0 Å². The Morgan fingerprint density at radius 1 is 1.14 bits per heavy atom. The number of hydrogen-bond acceptors (Lipinski definition) is 4. The van der Waals surface area contributed by atoms with E-state index in [0.717, 1.165) is 0 Å². The number of rotatable bonds is 4. The molecule has 0 aromatic heterocycles. The van der Waals surface area contributed by atoms with E-state index in [4.69, 9.17) is 0 Å². The Morgan fingerprint density at radius 3 is 2.45 bits per heavy atom. The first-order chi connectivity index (χ1) is 10.2. The van der Waals surface area contributed by atoms with Gasteiger partial charge < -0.3 is 0 Å². The molecule has 0 saturated heterocycles. The van der Waals surface area contributed by atoms with E-state index in [-0.39, 0.29) is 16.3 Å². The number of sulfonamides is 1. The highest BCUT2D eigenvalue weighted by Gasteiger charge is 2.23. The molecule has 0 atom stereocenters. The molecular weight excluding hydrogens is 372 g/mol. The zero-order valence-electron chi connectivity index (χ0n) is 11.8. The van der Waals surface area contributed by atoms with Crippen LogP contribution in [0, 0.1) is 24.0 Å². The minimum atomic E-state index is -3.93. The maximum Gasteiger partial charge on any atom is 0.293 e. The molecular formula is C14H13BrN2O4S. The van der Waals surface area contributed by atoms with Crippen LogP contribution in [0.4, 0.5) is 11.4 Å². The van der Waals surface area contributed by atoms with Crippen LogP contribution in [0.5, 0.6) is 0 Å². The Kier molecular flexibility index (Phi) is 4.52. The highest BCUT2D eigenvalue weighted by Crippen LogP contribution is 2.31. The SMILES string of the molecule is Cc1ccc(Br)cc1S(=O)(=O)Nc1c(C)cccc1[N+](=O)[O-]. The van der Waals surface area contributed by atoms with E-state index < -0.39 is 14.9 Å². The third kappa shape index (κ3) is 3.28. The molecule has 22 heavy (non-hydrogen) atoms. The number of nitro benzene ring substituents is 1. The van der Waals surface area contributed by atoms with Gasteiger partial charge in [0.05, 0.1) is 9.82 Å². The number of benzene rings is 2. The molecule has 2 rings (SSSR count). The first-order valence-corrected chi connectivity index (χ1v) is 8.53. The number of aryl methyl sites for hydroxylation is 2. The third-order valence-corrected chi connectivity index (χ3v) is 5.11. The Labute approximate surface area is 136 Å². The standard InChI is InChI=1S/C14H13BrN2O4S/c1-9-6-7-11(15)8-13(9)22(20,21)16-14-10(2)4-3-5-12(14)17(18)19/h3-8,16H,1-2H3. The van der Waals surface area contributed by atoms with Crippen molar-refractivity contribution in [2.75, 3.05) is 4.72 Å². The predicted octanol–water partition coefficient (Wildman–Crippen LogP) is 3.77. The summed E-state index contributed by atoms with van der Waals surface area (Å²) in [5.74, 6) is 0. The molecule has 6 nitrogen and oxygen atoms in total. The van der Waals surface area contributed by atoms with E-state index in [0.29, 0.717) is 15.6 Å². The molecule has 0 heterocycles. The quantitative estimate of drug-likeness (QED) is 0.641. The fourth-order valence-electron chi connectivity index (χ4n) is 1.99. The molecule has 0 aliphatic rings. The maximum atomic E-state index is 12.5. The van der Waals surface area contributed by atoms with Crippen molar-refractivity contribution in [1.82, 2.24) is 0 Å². The number of hydrogen-bond donors (Lipinski definition) is 1. The van der Waals surface area contributed by atoms with Gasteiger partial charge >= 0.3 is 0 Å². The highest BCUT2D eigenvalue weighted by molar-refractivity contribution is 9.10. The van der Waals surface area contributed by atoms with Gasteiger partial charge in [-0.05, 0) is 37.1 Å². The van der Waals surface area contributed by atoms with Crippen molar-refractivity contribution < 1.29 is 13.3 Å². The average molecular weight is 385 g/mol. The van der Waals surface area contributed by atoms with Gasteiger partial charge in [-0.1, -0.05) is 34.1 Å². The van der Waals surface area contributed by atoms with Crippen LogP contribution in [-0.4, -0.2) is 13.3 Å². The van der Waals surface area contributed by atoms with Gasteiger partial charge in [0.25, 0.3) is 15.7 Å². The van der Waals surface area contributed by atoms with Crippen molar-refractivity contribution in [3.63, 3.8) is 0 Å². The Bertz CT molecular complexity index is 850. The van der Waals surface area contributed by atoms with Crippen LogP contribution in [-0.2, 0) is 10.0 Å². The lowest BCUT2D eigenvalue weighted by atomic mass is 10.2. The van der Waals surface area contributed by atoms with Gasteiger partial charge in [-0.25, -0.2) is 8.42 Å².